The monoisotopic (exact) mass is 322 g/mol. The van der Waals surface area contributed by atoms with E-state index in [9.17, 15) is 5.11 Å². The van der Waals surface area contributed by atoms with Crippen LogP contribution in [0.5, 0.6) is 0 Å². The Hall–Kier alpha value is -1.47. The van der Waals surface area contributed by atoms with E-state index in [0.29, 0.717) is 24.7 Å². The Morgan fingerprint density at radius 1 is 1.50 bits per heavy atom. The van der Waals surface area contributed by atoms with Gasteiger partial charge in [0.05, 0.1) is 12.7 Å². The summed E-state index contributed by atoms with van der Waals surface area (Å²) in [7, 11) is 1.90. The lowest BCUT2D eigenvalue weighted by atomic mass is 10.1. The second-order valence-electron chi connectivity index (χ2n) is 5.49. The van der Waals surface area contributed by atoms with Gasteiger partial charge in [-0.3, -0.25) is 4.90 Å². The number of hydrogen-bond acceptors (Lipinski definition) is 5. The topological polar surface area (TPSA) is 63.4 Å². The van der Waals surface area contributed by atoms with Crippen molar-refractivity contribution < 1.29 is 9.84 Å². The van der Waals surface area contributed by atoms with Gasteiger partial charge in [0.1, 0.15) is 12.4 Å². The average Bonchev–Trinajstić information content (AvgIpc) is 2.94. The van der Waals surface area contributed by atoms with E-state index in [0.717, 1.165) is 17.9 Å². The Morgan fingerprint density at radius 2 is 2.36 bits per heavy atom. The van der Waals surface area contributed by atoms with Gasteiger partial charge in [-0.1, -0.05) is 23.7 Å². The van der Waals surface area contributed by atoms with Gasteiger partial charge < -0.3 is 14.4 Å². The molecule has 1 N–H and O–H groups in total. The van der Waals surface area contributed by atoms with Gasteiger partial charge in [-0.05, 0) is 17.7 Å². The van der Waals surface area contributed by atoms with Crippen LogP contribution in [-0.2, 0) is 11.8 Å². The SMILES string of the molecule is Cn1cnnc1[C@@H]1CN(C[C@H](O)c2cccc(Cl)c2)CCO1. The standard InChI is InChI=1S/C15H19ClN4O2/c1-19-10-17-18-15(19)14-9-20(5-6-22-14)8-13(21)11-3-2-4-12(16)7-11/h2-4,7,10,13-14,21H,5-6,8-9H2,1H3/t13-,14-/m0/s1. The molecule has 0 radical (unpaired) electrons. The minimum Gasteiger partial charge on any atom is -0.387 e. The highest BCUT2D eigenvalue weighted by atomic mass is 35.5. The van der Waals surface area contributed by atoms with E-state index in [2.05, 4.69) is 15.1 Å². The molecule has 1 fully saturated rings. The molecule has 7 heteroatoms. The van der Waals surface area contributed by atoms with Crippen molar-refractivity contribution in [1.29, 1.82) is 0 Å². The minimum atomic E-state index is -0.572. The molecular weight excluding hydrogens is 304 g/mol. The Labute approximate surface area is 134 Å². The van der Waals surface area contributed by atoms with E-state index < -0.39 is 6.10 Å². The maximum Gasteiger partial charge on any atom is 0.163 e. The second-order valence-corrected chi connectivity index (χ2v) is 5.93. The van der Waals surface area contributed by atoms with Crippen molar-refractivity contribution in [1.82, 2.24) is 19.7 Å². The Morgan fingerprint density at radius 3 is 3.09 bits per heavy atom. The molecule has 0 bridgehead atoms. The maximum absolute atomic E-state index is 10.4. The molecule has 0 unspecified atom stereocenters. The summed E-state index contributed by atoms with van der Waals surface area (Å²) in [6, 6.07) is 7.34. The lowest BCUT2D eigenvalue weighted by Crippen LogP contribution is -2.41. The zero-order chi connectivity index (χ0) is 15.5. The lowest BCUT2D eigenvalue weighted by molar-refractivity contribution is -0.0474. The third kappa shape index (κ3) is 3.47. The fourth-order valence-corrected chi connectivity index (χ4v) is 2.87. The van der Waals surface area contributed by atoms with Gasteiger partial charge in [-0.15, -0.1) is 10.2 Å². The van der Waals surface area contributed by atoms with Crippen molar-refractivity contribution in [3.05, 3.63) is 47.0 Å². The maximum atomic E-state index is 10.4. The van der Waals surface area contributed by atoms with E-state index in [1.54, 1.807) is 18.5 Å². The molecule has 1 aliphatic heterocycles. The first-order chi connectivity index (χ1) is 10.6. The summed E-state index contributed by atoms with van der Waals surface area (Å²) in [5.41, 5.74) is 0.828. The van der Waals surface area contributed by atoms with Crippen LogP contribution in [0.3, 0.4) is 0 Å². The molecule has 1 aromatic heterocycles. The van der Waals surface area contributed by atoms with Crippen molar-refractivity contribution >= 4 is 11.6 Å². The molecule has 1 aliphatic rings. The number of β-amino-alcohol motifs (C(OH)–C–C–N with tert-alkyl or cyclic N) is 1. The number of hydrogen-bond donors (Lipinski definition) is 1. The number of benzene rings is 1. The first-order valence-electron chi connectivity index (χ1n) is 7.25. The van der Waals surface area contributed by atoms with Crippen molar-refractivity contribution in [2.45, 2.75) is 12.2 Å². The van der Waals surface area contributed by atoms with Gasteiger partial charge in [0.25, 0.3) is 0 Å². The molecule has 1 aromatic carbocycles. The predicted molar refractivity (Wildman–Crippen MR) is 82.5 cm³/mol. The number of aromatic nitrogens is 3. The summed E-state index contributed by atoms with van der Waals surface area (Å²) in [6.45, 7) is 2.62. The van der Waals surface area contributed by atoms with E-state index >= 15 is 0 Å². The van der Waals surface area contributed by atoms with Crippen LogP contribution in [0.4, 0.5) is 0 Å². The van der Waals surface area contributed by atoms with Crippen LogP contribution < -0.4 is 0 Å². The number of aliphatic hydroxyl groups is 1. The molecule has 3 rings (SSSR count). The summed E-state index contributed by atoms with van der Waals surface area (Å²) >= 11 is 5.98. The number of halogens is 1. The fourth-order valence-electron chi connectivity index (χ4n) is 2.67. The molecular formula is C15H19ClN4O2. The third-order valence-corrected chi connectivity index (χ3v) is 4.08. The molecule has 118 valence electrons. The third-order valence-electron chi connectivity index (χ3n) is 3.85. The number of rotatable bonds is 4. The zero-order valence-electron chi connectivity index (χ0n) is 12.4. The molecule has 0 saturated carbocycles. The van der Waals surface area contributed by atoms with Crippen LogP contribution in [0, 0.1) is 0 Å². The summed E-state index contributed by atoms with van der Waals surface area (Å²) in [6.07, 6.45) is 0.975. The smallest absolute Gasteiger partial charge is 0.163 e. The van der Waals surface area contributed by atoms with Crippen LogP contribution in [0.2, 0.25) is 5.02 Å². The Bertz CT molecular complexity index is 634. The average molecular weight is 323 g/mol. The Kier molecular flexibility index (Phi) is 4.73. The zero-order valence-corrected chi connectivity index (χ0v) is 13.1. The van der Waals surface area contributed by atoms with Crippen LogP contribution in [0.15, 0.2) is 30.6 Å². The largest absolute Gasteiger partial charge is 0.387 e. The van der Waals surface area contributed by atoms with Crippen LogP contribution in [0.25, 0.3) is 0 Å². The molecule has 0 amide bonds. The van der Waals surface area contributed by atoms with Crippen LogP contribution in [0.1, 0.15) is 23.6 Å². The van der Waals surface area contributed by atoms with Crippen molar-refractivity contribution in [3.8, 4) is 0 Å². The molecule has 1 saturated heterocycles. The normalized spacial score (nSPS) is 21.0. The van der Waals surface area contributed by atoms with Crippen molar-refractivity contribution in [2.24, 2.45) is 7.05 Å². The molecule has 6 nitrogen and oxygen atoms in total. The van der Waals surface area contributed by atoms with E-state index in [4.69, 9.17) is 16.3 Å². The summed E-state index contributed by atoms with van der Waals surface area (Å²) in [4.78, 5) is 2.18. The lowest BCUT2D eigenvalue weighted by Gasteiger charge is -2.33. The number of ether oxygens (including phenoxy) is 1. The molecule has 2 atom stereocenters. The summed E-state index contributed by atoms with van der Waals surface area (Å²) in [5.74, 6) is 0.807. The quantitative estimate of drug-likeness (QED) is 0.926. The highest BCUT2D eigenvalue weighted by Gasteiger charge is 2.26. The molecule has 2 heterocycles. The van der Waals surface area contributed by atoms with E-state index in [1.807, 2.05) is 23.7 Å². The molecule has 0 spiro atoms. The van der Waals surface area contributed by atoms with Crippen LogP contribution >= 0.6 is 11.6 Å². The summed E-state index contributed by atoms with van der Waals surface area (Å²) in [5, 5.41) is 19.0. The Balaban J connectivity index is 1.64. The fraction of sp³-hybridized carbons (Fsp3) is 0.467. The van der Waals surface area contributed by atoms with Crippen molar-refractivity contribution in [2.75, 3.05) is 26.2 Å². The number of morpholine rings is 1. The number of aryl methyl sites for hydroxylation is 1. The van der Waals surface area contributed by atoms with E-state index in [-0.39, 0.29) is 6.10 Å². The minimum absolute atomic E-state index is 0.118. The van der Waals surface area contributed by atoms with Gasteiger partial charge >= 0.3 is 0 Å². The predicted octanol–water partition coefficient (Wildman–Crippen LogP) is 1.58. The van der Waals surface area contributed by atoms with Crippen LogP contribution in [-0.4, -0.2) is 51.0 Å². The number of aliphatic hydroxyl groups excluding tert-OH is 1. The second kappa shape index (κ2) is 6.75. The van der Waals surface area contributed by atoms with Crippen molar-refractivity contribution in [3.63, 3.8) is 0 Å². The first-order valence-corrected chi connectivity index (χ1v) is 7.62. The number of nitrogens with zero attached hydrogens (tertiary/aromatic N) is 4. The van der Waals surface area contributed by atoms with Gasteiger partial charge in [-0.25, -0.2) is 0 Å². The first kappa shape index (κ1) is 15.4. The summed E-state index contributed by atoms with van der Waals surface area (Å²) < 4.78 is 7.63. The van der Waals surface area contributed by atoms with Gasteiger partial charge in [-0.2, -0.15) is 0 Å². The molecule has 2 aromatic rings. The molecule has 22 heavy (non-hydrogen) atoms. The highest BCUT2D eigenvalue weighted by molar-refractivity contribution is 6.30. The highest BCUT2D eigenvalue weighted by Crippen LogP contribution is 2.23. The van der Waals surface area contributed by atoms with Gasteiger partial charge in [0.2, 0.25) is 0 Å². The van der Waals surface area contributed by atoms with E-state index in [1.165, 1.54) is 0 Å². The molecule has 0 aliphatic carbocycles. The van der Waals surface area contributed by atoms with Gasteiger partial charge in [0, 0.05) is 31.7 Å². The van der Waals surface area contributed by atoms with Gasteiger partial charge in [0.15, 0.2) is 5.82 Å².